The molecule has 150 valence electrons. The van der Waals surface area contributed by atoms with E-state index in [2.05, 4.69) is 5.32 Å². The minimum absolute atomic E-state index is 0.222. The van der Waals surface area contributed by atoms with Crippen LogP contribution in [0.1, 0.15) is 5.76 Å². The van der Waals surface area contributed by atoms with E-state index in [0.717, 1.165) is 4.90 Å². The summed E-state index contributed by atoms with van der Waals surface area (Å²) in [4.78, 5) is 38.2. The highest BCUT2D eigenvalue weighted by Crippen LogP contribution is 2.32. The second-order valence-corrected chi connectivity index (χ2v) is 7.54. The molecule has 1 saturated heterocycles. The first kappa shape index (κ1) is 20.2. The van der Waals surface area contributed by atoms with Gasteiger partial charge in [-0.25, -0.2) is 9.69 Å². The molecular weight excluding hydrogens is 451 g/mol. The lowest BCUT2D eigenvalue weighted by Crippen LogP contribution is -2.54. The molecule has 0 atom stereocenters. The molecule has 0 unspecified atom stereocenters. The van der Waals surface area contributed by atoms with Gasteiger partial charge in [-0.1, -0.05) is 40.9 Å². The van der Waals surface area contributed by atoms with Crippen LogP contribution in [-0.4, -0.2) is 17.8 Å². The largest absolute Gasteiger partial charge is 0.457 e. The van der Waals surface area contributed by atoms with Crippen molar-refractivity contribution >= 4 is 64.4 Å². The molecular formula is C21H11Cl3N2O4. The van der Waals surface area contributed by atoms with Gasteiger partial charge in [-0.15, -0.1) is 0 Å². The number of benzene rings is 2. The maximum Gasteiger partial charge on any atom is 0.335 e. The highest BCUT2D eigenvalue weighted by atomic mass is 35.5. The number of nitrogens with zero attached hydrogens (tertiary/aromatic N) is 1. The lowest BCUT2D eigenvalue weighted by molar-refractivity contribution is -0.122. The molecule has 0 saturated carbocycles. The highest BCUT2D eigenvalue weighted by molar-refractivity contribution is 6.39. The Kier molecular flexibility index (Phi) is 5.39. The predicted molar refractivity (Wildman–Crippen MR) is 115 cm³/mol. The monoisotopic (exact) mass is 460 g/mol. The summed E-state index contributed by atoms with van der Waals surface area (Å²) in [5.74, 6) is -1.01. The summed E-state index contributed by atoms with van der Waals surface area (Å²) in [6, 6.07) is 13.4. The number of amides is 4. The second-order valence-electron chi connectivity index (χ2n) is 6.26. The van der Waals surface area contributed by atoms with Crippen LogP contribution in [0.4, 0.5) is 10.5 Å². The van der Waals surface area contributed by atoms with Gasteiger partial charge in [0.05, 0.1) is 10.7 Å². The molecule has 0 spiro atoms. The third-order valence-electron chi connectivity index (χ3n) is 4.28. The molecule has 1 aliphatic rings. The van der Waals surface area contributed by atoms with Gasteiger partial charge in [0, 0.05) is 15.6 Å². The van der Waals surface area contributed by atoms with Crippen molar-refractivity contribution in [2.45, 2.75) is 0 Å². The Morgan fingerprint density at radius 1 is 0.900 bits per heavy atom. The summed E-state index contributed by atoms with van der Waals surface area (Å²) in [6.07, 6.45) is 1.25. The van der Waals surface area contributed by atoms with Gasteiger partial charge in [-0.3, -0.25) is 14.9 Å². The van der Waals surface area contributed by atoms with E-state index in [-0.39, 0.29) is 17.0 Å². The fraction of sp³-hybridized carbons (Fsp3) is 0. The van der Waals surface area contributed by atoms with Gasteiger partial charge in [0.25, 0.3) is 11.8 Å². The summed E-state index contributed by atoms with van der Waals surface area (Å²) in [7, 11) is 0. The van der Waals surface area contributed by atoms with Crippen LogP contribution < -0.4 is 10.2 Å². The molecule has 3 aromatic rings. The van der Waals surface area contributed by atoms with E-state index in [4.69, 9.17) is 39.2 Å². The summed E-state index contributed by atoms with van der Waals surface area (Å²) in [6.45, 7) is 0. The number of furan rings is 1. The van der Waals surface area contributed by atoms with Crippen LogP contribution in [0.5, 0.6) is 0 Å². The number of hydrogen-bond donors (Lipinski definition) is 1. The summed E-state index contributed by atoms with van der Waals surface area (Å²) >= 11 is 18.1. The van der Waals surface area contributed by atoms with E-state index in [0.29, 0.717) is 26.4 Å². The highest BCUT2D eigenvalue weighted by Gasteiger charge is 2.37. The van der Waals surface area contributed by atoms with E-state index < -0.39 is 17.8 Å². The number of rotatable bonds is 3. The zero-order valence-electron chi connectivity index (χ0n) is 15.0. The Morgan fingerprint density at radius 2 is 1.67 bits per heavy atom. The number of barbiturate groups is 1. The van der Waals surface area contributed by atoms with E-state index in [1.165, 1.54) is 18.2 Å². The van der Waals surface area contributed by atoms with Crippen molar-refractivity contribution in [3.8, 4) is 11.3 Å². The van der Waals surface area contributed by atoms with Crippen LogP contribution in [-0.2, 0) is 9.59 Å². The Morgan fingerprint density at radius 3 is 2.43 bits per heavy atom. The quantitative estimate of drug-likeness (QED) is 0.408. The Hall–Kier alpha value is -3.06. The Labute approximate surface area is 185 Å². The molecule has 0 radical (unpaired) electrons. The van der Waals surface area contributed by atoms with Crippen LogP contribution in [0.3, 0.4) is 0 Å². The standard InChI is InChI=1S/C21H11Cl3N2O4/c22-11-2-1-3-13(8-11)26-20(28)16(19(27)25-21(26)29)10-14-5-7-18(30-14)15-9-12(23)4-6-17(15)24/h1-10H,(H,25,27,29)/b16-10+. The van der Waals surface area contributed by atoms with Gasteiger partial charge in [0.15, 0.2) is 0 Å². The SMILES string of the molecule is O=C1NC(=O)N(c2cccc(Cl)c2)C(=O)/C1=C/c1ccc(-c2cc(Cl)ccc2Cl)o1. The van der Waals surface area contributed by atoms with Gasteiger partial charge in [-0.2, -0.15) is 0 Å². The normalized spacial score (nSPS) is 15.6. The first-order valence-corrected chi connectivity index (χ1v) is 9.69. The first-order valence-electron chi connectivity index (χ1n) is 8.56. The van der Waals surface area contributed by atoms with Crippen LogP contribution in [0.25, 0.3) is 17.4 Å². The van der Waals surface area contributed by atoms with Crippen molar-refractivity contribution in [3.63, 3.8) is 0 Å². The molecule has 6 nitrogen and oxygen atoms in total. The molecule has 30 heavy (non-hydrogen) atoms. The molecule has 1 N–H and O–H groups in total. The third-order valence-corrected chi connectivity index (χ3v) is 5.08. The Bertz CT molecular complexity index is 1230. The zero-order chi connectivity index (χ0) is 21.4. The fourth-order valence-corrected chi connectivity index (χ4v) is 3.48. The third kappa shape index (κ3) is 3.85. The number of imide groups is 2. The van der Waals surface area contributed by atoms with Crippen LogP contribution in [0, 0.1) is 0 Å². The fourth-order valence-electron chi connectivity index (χ4n) is 2.91. The molecule has 1 aromatic heterocycles. The molecule has 2 heterocycles. The average molecular weight is 462 g/mol. The van der Waals surface area contributed by atoms with Crippen molar-refractivity contribution in [3.05, 3.63) is 81.0 Å². The maximum absolute atomic E-state index is 12.9. The lowest BCUT2D eigenvalue weighted by Gasteiger charge is -2.26. The topological polar surface area (TPSA) is 79.6 Å². The second kappa shape index (κ2) is 7.99. The van der Waals surface area contributed by atoms with Crippen LogP contribution in [0.15, 0.2) is 64.6 Å². The van der Waals surface area contributed by atoms with Crippen molar-refractivity contribution in [1.29, 1.82) is 0 Å². The minimum Gasteiger partial charge on any atom is -0.457 e. The summed E-state index contributed by atoms with van der Waals surface area (Å²) in [5, 5.41) is 3.38. The molecule has 9 heteroatoms. The van der Waals surface area contributed by atoms with Crippen LogP contribution in [0.2, 0.25) is 15.1 Å². The van der Waals surface area contributed by atoms with Crippen molar-refractivity contribution in [2.75, 3.05) is 4.90 Å². The molecule has 1 aliphatic heterocycles. The number of hydrogen-bond acceptors (Lipinski definition) is 4. The summed E-state index contributed by atoms with van der Waals surface area (Å²) < 4.78 is 5.72. The zero-order valence-corrected chi connectivity index (χ0v) is 17.3. The molecule has 4 amide bonds. The first-order chi connectivity index (χ1) is 14.3. The minimum atomic E-state index is -0.866. The average Bonchev–Trinajstić information content (AvgIpc) is 3.15. The number of nitrogens with one attached hydrogen (secondary N) is 1. The van der Waals surface area contributed by atoms with Crippen molar-refractivity contribution in [1.82, 2.24) is 5.32 Å². The molecule has 0 aliphatic carbocycles. The molecule has 1 fully saturated rings. The van der Waals surface area contributed by atoms with Gasteiger partial charge >= 0.3 is 6.03 Å². The van der Waals surface area contributed by atoms with Gasteiger partial charge in [0.1, 0.15) is 17.1 Å². The van der Waals surface area contributed by atoms with Gasteiger partial charge in [-0.05, 0) is 54.6 Å². The summed E-state index contributed by atoms with van der Waals surface area (Å²) in [5.41, 5.74) is 0.519. The molecule has 2 aromatic carbocycles. The van der Waals surface area contributed by atoms with E-state index in [1.54, 1.807) is 42.5 Å². The van der Waals surface area contributed by atoms with Crippen molar-refractivity contribution < 1.29 is 18.8 Å². The predicted octanol–water partition coefficient (Wildman–Crippen LogP) is 5.57. The van der Waals surface area contributed by atoms with Crippen molar-refractivity contribution in [2.24, 2.45) is 0 Å². The number of halogens is 3. The lowest BCUT2D eigenvalue weighted by atomic mass is 10.1. The number of carbonyl (C=O) groups excluding carboxylic acids is 3. The molecule has 4 rings (SSSR count). The number of anilines is 1. The van der Waals surface area contributed by atoms with E-state index >= 15 is 0 Å². The van der Waals surface area contributed by atoms with Gasteiger partial charge in [0.2, 0.25) is 0 Å². The van der Waals surface area contributed by atoms with E-state index in [1.807, 2.05) is 0 Å². The Balaban J connectivity index is 1.70. The number of carbonyl (C=O) groups is 3. The van der Waals surface area contributed by atoms with Gasteiger partial charge < -0.3 is 4.42 Å². The maximum atomic E-state index is 12.9. The molecule has 0 bridgehead atoms. The van der Waals surface area contributed by atoms with Crippen LogP contribution >= 0.6 is 34.8 Å². The van der Waals surface area contributed by atoms with E-state index in [9.17, 15) is 14.4 Å². The smallest absolute Gasteiger partial charge is 0.335 e. The number of urea groups is 1.